The summed E-state index contributed by atoms with van der Waals surface area (Å²) in [7, 11) is 1.57. The first-order valence-electron chi connectivity index (χ1n) is 8.42. The predicted octanol–water partition coefficient (Wildman–Crippen LogP) is 2.40. The third kappa shape index (κ3) is 4.17. The quantitative estimate of drug-likeness (QED) is 0.777. The third-order valence-corrected chi connectivity index (χ3v) is 4.27. The van der Waals surface area contributed by atoms with Crippen molar-refractivity contribution >= 4 is 23.3 Å². The summed E-state index contributed by atoms with van der Waals surface area (Å²) in [5, 5.41) is 9.76. The lowest BCUT2D eigenvalue weighted by molar-refractivity contribution is -0.116. The summed E-state index contributed by atoms with van der Waals surface area (Å²) in [5.74, 6) is -0.350. The molecule has 0 atom stereocenters. The molecule has 0 saturated heterocycles. The second-order valence-electron chi connectivity index (χ2n) is 6.23. The number of aromatic nitrogens is 2. The second kappa shape index (κ2) is 7.95. The van der Waals surface area contributed by atoms with Crippen LogP contribution in [0.25, 0.3) is 0 Å². The third-order valence-electron chi connectivity index (χ3n) is 4.27. The fourth-order valence-electron chi connectivity index (χ4n) is 2.93. The number of carbonyl (C=O) groups is 3. The molecule has 1 aromatic heterocycles. The number of hydrogen-bond donors (Lipinski definition) is 2. The molecule has 0 fully saturated rings. The van der Waals surface area contributed by atoms with E-state index in [2.05, 4.69) is 15.7 Å². The van der Waals surface area contributed by atoms with Crippen LogP contribution in [-0.2, 0) is 11.3 Å². The van der Waals surface area contributed by atoms with E-state index < -0.39 is 0 Å². The predicted molar refractivity (Wildman–Crippen MR) is 99.5 cm³/mol. The maximum absolute atomic E-state index is 12.3. The van der Waals surface area contributed by atoms with Gasteiger partial charge in [-0.3, -0.25) is 19.1 Å². The number of nitrogens with one attached hydrogen (secondary N) is 2. The molecule has 26 heavy (non-hydrogen) atoms. The van der Waals surface area contributed by atoms with Crippen molar-refractivity contribution in [2.75, 3.05) is 12.4 Å². The molecule has 2 aromatic rings. The molecule has 0 aliphatic heterocycles. The van der Waals surface area contributed by atoms with E-state index in [0.717, 1.165) is 11.3 Å². The van der Waals surface area contributed by atoms with Gasteiger partial charge in [-0.15, -0.1) is 0 Å². The van der Waals surface area contributed by atoms with Crippen LogP contribution in [0.5, 0.6) is 0 Å². The van der Waals surface area contributed by atoms with E-state index in [1.165, 1.54) is 6.92 Å². The highest BCUT2D eigenvalue weighted by molar-refractivity contribution is 5.97. The van der Waals surface area contributed by atoms with Crippen molar-refractivity contribution in [2.45, 2.75) is 40.7 Å². The van der Waals surface area contributed by atoms with Gasteiger partial charge in [0.15, 0.2) is 5.78 Å². The van der Waals surface area contributed by atoms with E-state index in [4.69, 9.17) is 0 Å². The number of ketones is 1. The Bertz CT molecular complexity index is 868. The van der Waals surface area contributed by atoms with Crippen molar-refractivity contribution in [1.29, 1.82) is 0 Å². The van der Waals surface area contributed by atoms with E-state index in [9.17, 15) is 14.4 Å². The Kier molecular flexibility index (Phi) is 5.92. The average molecular weight is 356 g/mol. The largest absolute Gasteiger partial charge is 0.355 e. The van der Waals surface area contributed by atoms with Crippen LogP contribution in [0.15, 0.2) is 18.2 Å². The Labute approximate surface area is 152 Å². The molecule has 2 N–H and O–H groups in total. The molecule has 2 rings (SSSR count). The van der Waals surface area contributed by atoms with Gasteiger partial charge in [0.1, 0.15) is 0 Å². The topological polar surface area (TPSA) is 93.1 Å². The summed E-state index contributed by atoms with van der Waals surface area (Å²) < 4.78 is 1.69. The zero-order valence-corrected chi connectivity index (χ0v) is 15.8. The van der Waals surface area contributed by atoms with Gasteiger partial charge < -0.3 is 10.6 Å². The summed E-state index contributed by atoms with van der Waals surface area (Å²) in [4.78, 5) is 35.5. The molecule has 0 bridgehead atoms. The van der Waals surface area contributed by atoms with Crippen molar-refractivity contribution in [2.24, 2.45) is 0 Å². The number of carbonyl (C=O) groups excluding carboxylic acids is 3. The van der Waals surface area contributed by atoms with Gasteiger partial charge in [0.25, 0.3) is 5.91 Å². The Morgan fingerprint density at radius 2 is 1.85 bits per heavy atom. The van der Waals surface area contributed by atoms with Crippen LogP contribution in [0.3, 0.4) is 0 Å². The normalized spacial score (nSPS) is 10.5. The van der Waals surface area contributed by atoms with Crippen LogP contribution >= 0.6 is 0 Å². The number of rotatable bonds is 6. The number of nitrogens with zero attached hydrogens (tertiary/aromatic N) is 2. The molecule has 0 saturated carbocycles. The van der Waals surface area contributed by atoms with Crippen LogP contribution < -0.4 is 10.6 Å². The van der Waals surface area contributed by atoms with Crippen molar-refractivity contribution in [3.63, 3.8) is 0 Å². The van der Waals surface area contributed by atoms with Gasteiger partial charge in [0, 0.05) is 37.0 Å². The lowest BCUT2D eigenvalue weighted by Gasteiger charge is -2.10. The Balaban J connectivity index is 2.03. The highest BCUT2D eigenvalue weighted by atomic mass is 16.2. The first-order chi connectivity index (χ1) is 12.2. The summed E-state index contributed by atoms with van der Waals surface area (Å²) in [6.45, 7) is 7.36. The lowest BCUT2D eigenvalue weighted by Crippen LogP contribution is -2.19. The molecule has 138 valence electrons. The van der Waals surface area contributed by atoms with E-state index in [0.29, 0.717) is 29.1 Å². The molecular weight excluding hydrogens is 332 g/mol. The smallest absolute Gasteiger partial charge is 0.251 e. The fraction of sp³-hybridized carbons (Fsp3) is 0.368. The van der Waals surface area contributed by atoms with E-state index in [-0.39, 0.29) is 24.0 Å². The molecule has 0 aliphatic carbocycles. The molecule has 1 aromatic carbocycles. The molecule has 0 radical (unpaired) electrons. The van der Waals surface area contributed by atoms with Crippen LogP contribution in [0, 0.1) is 20.8 Å². The molecule has 0 unspecified atom stereocenters. The SMILES string of the molecule is CNC(=O)c1ccc(NC(=O)CCn2nc(C)c(C(C)=O)c2C)c(C)c1. The van der Waals surface area contributed by atoms with Gasteiger partial charge in [-0.2, -0.15) is 5.10 Å². The summed E-state index contributed by atoms with van der Waals surface area (Å²) in [6.07, 6.45) is 0.232. The first-order valence-corrected chi connectivity index (χ1v) is 8.42. The van der Waals surface area contributed by atoms with Crippen LogP contribution in [0.2, 0.25) is 0 Å². The number of Topliss-reactive ketones (excluding diaryl/α,β-unsaturated/α-hetero) is 1. The van der Waals surface area contributed by atoms with Gasteiger partial charge in [0.2, 0.25) is 5.91 Å². The maximum Gasteiger partial charge on any atom is 0.251 e. The van der Waals surface area contributed by atoms with Crippen LogP contribution in [0.1, 0.15) is 51.0 Å². The summed E-state index contributed by atoms with van der Waals surface area (Å²) in [5.41, 5.74) is 4.09. The second-order valence-corrected chi connectivity index (χ2v) is 6.23. The maximum atomic E-state index is 12.3. The van der Waals surface area contributed by atoms with Gasteiger partial charge in [-0.1, -0.05) is 0 Å². The van der Waals surface area contributed by atoms with Gasteiger partial charge in [-0.05, 0) is 51.5 Å². The monoisotopic (exact) mass is 356 g/mol. The highest BCUT2D eigenvalue weighted by Crippen LogP contribution is 2.18. The zero-order valence-electron chi connectivity index (χ0n) is 15.8. The summed E-state index contributed by atoms with van der Waals surface area (Å²) in [6, 6.07) is 5.12. The van der Waals surface area contributed by atoms with Crippen molar-refractivity contribution in [3.05, 3.63) is 46.3 Å². The van der Waals surface area contributed by atoms with Crippen LogP contribution in [-0.4, -0.2) is 34.4 Å². The molecule has 7 nitrogen and oxygen atoms in total. The Hall–Kier alpha value is -2.96. The zero-order chi connectivity index (χ0) is 19.4. The first kappa shape index (κ1) is 19.4. The Morgan fingerprint density at radius 1 is 1.15 bits per heavy atom. The van der Waals surface area contributed by atoms with Gasteiger partial charge in [0.05, 0.1) is 11.3 Å². The van der Waals surface area contributed by atoms with Crippen molar-refractivity contribution in [1.82, 2.24) is 15.1 Å². The van der Waals surface area contributed by atoms with E-state index >= 15 is 0 Å². The van der Waals surface area contributed by atoms with E-state index in [1.54, 1.807) is 36.9 Å². The lowest BCUT2D eigenvalue weighted by atomic mass is 10.1. The summed E-state index contributed by atoms with van der Waals surface area (Å²) >= 11 is 0. The van der Waals surface area contributed by atoms with Gasteiger partial charge >= 0.3 is 0 Å². The number of benzene rings is 1. The fourth-order valence-corrected chi connectivity index (χ4v) is 2.93. The standard InChI is InChI=1S/C19H24N4O3/c1-11-10-15(19(26)20-5)6-7-16(11)21-17(25)8-9-23-13(3)18(14(4)24)12(2)22-23/h6-7,10H,8-9H2,1-5H3,(H,20,26)(H,21,25). The van der Waals surface area contributed by atoms with Crippen molar-refractivity contribution in [3.8, 4) is 0 Å². The van der Waals surface area contributed by atoms with Gasteiger partial charge in [-0.25, -0.2) is 0 Å². The number of hydrogen-bond acceptors (Lipinski definition) is 4. The average Bonchev–Trinajstić information content (AvgIpc) is 2.87. The minimum absolute atomic E-state index is 0.0254. The molecule has 1 heterocycles. The number of amides is 2. The Morgan fingerprint density at radius 3 is 2.38 bits per heavy atom. The van der Waals surface area contributed by atoms with E-state index in [1.807, 2.05) is 13.8 Å². The number of aryl methyl sites for hydroxylation is 3. The number of anilines is 1. The van der Waals surface area contributed by atoms with Crippen LogP contribution in [0.4, 0.5) is 5.69 Å². The molecule has 0 spiro atoms. The van der Waals surface area contributed by atoms with Crippen molar-refractivity contribution < 1.29 is 14.4 Å². The minimum atomic E-state index is -0.170. The molecule has 2 amide bonds. The molecule has 7 heteroatoms. The highest BCUT2D eigenvalue weighted by Gasteiger charge is 2.16. The minimum Gasteiger partial charge on any atom is -0.355 e. The molecular formula is C19H24N4O3. The molecule has 0 aliphatic rings.